The summed E-state index contributed by atoms with van der Waals surface area (Å²) in [6.45, 7) is -0.456. The van der Waals surface area contributed by atoms with Gasteiger partial charge in [0.05, 0.1) is 12.7 Å². The van der Waals surface area contributed by atoms with Gasteiger partial charge in [0.2, 0.25) is 6.29 Å². The highest BCUT2D eigenvalue weighted by Crippen LogP contribution is 2.25. The van der Waals surface area contributed by atoms with Crippen LogP contribution in [0, 0.1) is 0 Å². The largest absolute Gasteiger partial charge is 0.465 e. The SMILES string of the molecule is OCC1O[C@@H](Oc2ccc(C(F)F)cc2)C[C@@H](O)[C@@H]1O. The maximum Gasteiger partial charge on any atom is 0.263 e. The number of alkyl halides is 2. The zero-order valence-electron chi connectivity index (χ0n) is 10.5. The molecule has 112 valence electrons. The Morgan fingerprint density at radius 1 is 1.25 bits per heavy atom. The van der Waals surface area contributed by atoms with E-state index in [0.717, 1.165) is 0 Å². The van der Waals surface area contributed by atoms with Gasteiger partial charge in [-0.3, -0.25) is 0 Å². The lowest BCUT2D eigenvalue weighted by Crippen LogP contribution is -2.51. The lowest BCUT2D eigenvalue weighted by atomic mass is 10.0. The van der Waals surface area contributed by atoms with E-state index in [9.17, 15) is 19.0 Å². The minimum atomic E-state index is -2.55. The summed E-state index contributed by atoms with van der Waals surface area (Å²) in [4.78, 5) is 0. The Hall–Kier alpha value is -1.28. The molecule has 20 heavy (non-hydrogen) atoms. The van der Waals surface area contributed by atoms with Crippen LogP contribution < -0.4 is 4.74 Å². The van der Waals surface area contributed by atoms with E-state index in [4.69, 9.17) is 14.6 Å². The first-order chi connectivity index (χ1) is 9.51. The molecule has 0 amide bonds. The molecule has 0 aromatic heterocycles. The summed E-state index contributed by atoms with van der Waals surface area (Å²) in [5.74, 6) is 0.305. The fourth-order valence-electron chi connectivity index (χ4n) is 1.99. The van der Waals surface area contributed by atoms with E-state index in [2.05, 4.69) is 0 Å². The number of halogens is 2. The van der Waals surface area contributed by atoms with Gasteiger partial charge < -0.3 is 24.8 Å². The number of rotatable bonds is 4. The highest BCUT2D eigenvalue weighted by molar-refractivity contribution is 5.28. The van der Waals surface area contributed by atoms with Gasteiger partial charge in [-0.1, -0.05) is 0 Å². The van der Waals surface area contributed by atoms with Crippen molar-refractivity contribution in [3.8, 4) is 5.75 Å². The number of aliphatic hydroxyl groups is 3. The summed E-state index contributed by atoms with van der Waals surface area (Å²) in [5, 5.41) is 28.2. The highest BCUT2D eigenvalue weighted by Gasteiger charge is 2.37. The maximum absolute atomic E-state index is 12.4. The molecule has 1 heterocycles. The molecule has 1 aliphatic rings. The van der Waals surface area contributed by atoms with Crippen LogP contribution in [-0.4, -0.2) is 46.5 Å². The van der Waals surface area contributed by atoms with Gasteiger partial charge in [0.25, 0.3) is 6.43 Å². The van der Waals surface area contributed by atoms with Gasteiger partial charge >= 0.3 is 0 Å². The molecule has 0 aliphatic carbocycles. The van der Waals surface area contributed by atoms with E-state index in [1.54, 1.807) is 0 Å². The van der Waals surface area contributed by atoms with Gasteiger partial charge in [-0.2, -0.15) is 0 Å². The second-order valence-electron chi connectivity index (χ2n) is 4.57. The second-order valence-corrected chi connectivity index (χ2v) is 4.57. The third kappa shape index (κ3) is 3.43. The molecule has 1 aliphatic heterocycles. The molecular weight excluding hydrogens is 274 g/mol. The molecule has 0 spiro atoms. The monoisotopic (exact) mass is 290 g/mol. The fraction of sp³-hybridized carbons (Fsp3) is 0.538. The summed E-state index contributed by atoms with van der Waals surface area (Å²) in [7, 11) is 0. The number of benzene rings is 1. The standard InChI is InChI=1S/C13H16F2O5/c14-13(15)7-1-3-8(4-2-7)19-11-5-9(17)12(18)10(6-16)20-11/h1-4,9-13,16-18H,5-6H2/t9-,10?,11-,12+/m1/s1. The van der Waals surface area contributed by atoms with E-state index in [1.807, 2.05) is 0 Å². The predicted molar refractivity (Wildman–Crippen MR) is 64.4 cm³/mol. The number of aliphatic hydroxyl groups excluding tert-OH is 3. The van der Waals surface area contributed by atoms with E-state index in [0.29, 0.717) is 5.75 Å². The molecule has 3 N–H and O–H groups in total. The van der Waals surface area contributed by atoms with Crippen LogP contribution in [0.5, 0.6) is 5.75 Å². The Morgan fingerprint density at radius 2 is 1.90 bits per heavy atom. The smallest absolute Gasteiger partial charge is 0.263 e. The Morgan fingerprint density at radius 3 is 2.45 bits per heavy atom. The topological polar surface area (TPSA) is 79.2 Å². The molecular formula is C13H16F2O5. The molecule has 0 bridgehead atoms. The van der Waals surface area contributed by atoms with E-state index in [-0.39, 0.29) is 12.0 Å². The average Bonchev–Trinajstić information content (AvgIpc) is 2.43. The van der Waals surface area contributed by atoms with Crippen LogP contribution in [-0.2, 0) is 4.74 Å². The normalized spacial score (nSPS) is 30.5. The van der Waals surface area contributed by atoms with Crippen LogP contribution >= 0.6 is 0 Å². The maximum atomic E-state index is 12.4. The first kappa shape index (κ1) is 15.1. The van der Waals surface area contributed by atoms with Crippen LogP contribution in [0.15, 0.2) is 24.3 Å². The second kappa shape index (κ2) is 6.45. The van der Waals surface area contributed by atoms with Crippen LogP contribution in [0.2, 0.25) is 0 Å². The minimum absolute atomic E-state index is 0.0221. The van der Waals surface area contributed by atoms with Crippen LogP contribution in [0.25, 0.3) is 0 Å². The van der Waals surface area contributed by atoms with Crippen molar-refractivity contribution >= 4 is 0 Å². The van der Waals surface area contributed by atoms with E-state index >= 15 is 0 Å². The first-order valence-corrected chi connectivity index (χ1v) is 6.18. The zero-order valence-corrected chi connectivity index (χ0v) is 10.5. The van der Waals surface area contributed by atoms with Crippen molar-refractivity contribution < 1.29 is 33.6 Å². The lowest BCUT2D eigenvalue weighted by Gasteiger charge is -2.36. The molecule has 2 rings (SSSR count). The van der Waals surface area contributed by atoms with Gasteiger partial charge in [-0.05, 0) is 24.3 Å². The van der Waals surface area contributed by atoms with Crippen molar-refractivity contribution in [2.24, 2.45) is 0 Å². The van der Waals surface area contributed by atoms with E-state index in [1.165, 1.54) is 24.3 Å². The minimum Gasteiger partial charge on any atom is -0.465 e. The summed E-state index contributed by atoms with van der Waals surface area (Å²) >= 11 is 0. The summed E-state index contributed by atoms with van der Waals surface area (Å²) in [6, 6.07) is 5.21. The van der Waals surface area contributed by atoms with Crippen molar-refractivity contribution in [3.63, 3.8) is 0 Å². The summed E-state index contributed by atoms with van der Waals surface area (Å²) < 4.78 is 35.5. The Balaban J connectivity index is 1.99. The van der Waals surface area contributed by atoms with E-state index < -0.39 is 37.6 Å². The van der Waals surface area contributed by atoms with Crippen molar-refractivity contribution in [2.45, 2.75) is 37.4 Å². The average molecular weight is 290 g/mol. The molecule has 7 heteroatoms. The van der Waals surface area contributed by atoms with Gasteiger partial charge in [0, 0.05) is 12.0 Å². The van der Waals surface area contributed by atoms with Crippen molar-refractivity contribution in [2.75, 3.05) is 6.61 Å². The molecule has 1 saturated heterocycles. The third-order valence-electron chi connectivity index (χ3n) is 3.12. The Labute approximate surface area is 114 Å². The number of hydrogen-bond donors (Lipinski definition) is 3. The number of ether oxygens (including phenoxy) is 2. The molecule has 1 fully saturated rings. The lowest BCUT2D eigenvalue weighted by molar-refractivity contribution is -0.229. The predicted octanol–water partition coefficient (Wildman–Crippen LogP) is 0.832. The molecule has 5 nitrogen and oxygen atoms in total. The molecule has 0 saturated carbocycles. The van der Waals surface area contributed by atoms with Gasteiger partial charge in [0.15, 0.2) is 0 Å². The van der Waals surface area contributed by atoms with Crippen molar-refractivity contribution in [1.82, 2.24) is 0 Å². The Kier molecular flexibility index (Phi) is 4.87. The van der Waals surface area contributed by atoms with Gasteiger partial charge in [-0.15, -0.1) is 0 Å². The fourth-order valence-corrected chi connectivity index (χ4v) is 1.99. The summed E-state index contributed by atoms with van der Waals surface area (Å²) in [5.41, 5.74) is -0.120. The molecule has 1 unspecified atom stereocenters. The van der Waals surface area contributed by atoms with Gasteiger partial charge in [0.1, 0.15) is 18.0 Å². The highest BCUT2D eigenvalue weighted by atomic mass is 19.3. The van der Waals surface area contributed by atoms with Crippen LogP contribution in [0.1, 0.15) is 18.4 Å². The quantitative estimate of drug-likeness (QED) is 0.765. The first-order valence-electron chi connectivity index (χ1n) is 6.18. The molecule has 1 aromatic rings. The molecule has 4 atom stereocenters. The van der Waals surface area contributed by atoms with Crippen LogP contribution in [0.3, 0.4) is 0 Å². The third-order valence-corrected chi connectivity index (χ3v) is 3.12. The zero-order chi connectivity index (χ0) is 14.7. The Bertz CT molecular complexity index is 425. The summed E-state index contributed by atoms with van der Waals surface area (Å²) in [6.07, 6.45) is -6.58. The van der Waals surface area contributed by atoms with Crippen molar-refractivity contribution in [1.29, 1.82) is 0 Å². The van der Waals surface area contributed by atoms with Gasteiger partial charge in [-0.25, -0.2) is 8.78 Å². The van der Waals surface area contributed by atoms with Crippen molar-refractivity contribution in [3.05, 3.63) is 29.8 Å². The number of hydrogen-bond acceptors (Lipinski definition) is 5. The molecule has 0 radical (unpaired) electrons. The molecule has 1 aromatic carbocycles. The van der Waals surface area contributed by atoms with Crippen LogP contribution in [0.4, 0.5) is 8.78 Å².